The first-order valence-electron chi connectivity index (χ1n) is 7.36. The van der Waals surface area contributed by atoms with E-state index in [4.69, 9.17) is 15.9 Å². The van der Waals surface area contributed by atoms with Crippen molar-refractivity contribution in [3.63, 3.8) is 0 Å². The molecule has 0 bridgehead atoms. The van der Waals surface area contributed by atoms with Crippen molar-refractivity contribution < 1.29 is 9.47 Å². The Bertz CT molecular complexity index is 659. The van der Waals surface area contributed by atoms with Gasteiger partial charge in [0.15, 0.2) is 11.5 Å². The lowest BCUT2D eigenvalue weighted by atomic mass is 10.1. The van der Waals surface area contributed by atoms with Gasteiger partial charge < -0.3 is 14.8 Å². The monoisotopic (exact) mass is 295 g/mol. The van der Waals surface area contributed by atoms with E-state index in [1.807, 2.05) is 37.3 Å². The normalized spacial score (nSPS) is 9.86. The predicted octanol–water partition coefficient (Wildman–Crippen LogP) is 4.02. The highest BCUT2D eigenvalue weighted by Crippen LogP contribution is 2.29. The van der Waals surface area contributed by atoms with Crippen LogP contribution in [0.1, 0.15) is 18.1 Å². The van der Waals surface area contributed by atoms with Crippen LogP contribution in [0.2, 0.25) is 0 Å². The number of rotatable bonds is 7. The Kier molecular flexibility index (Phi) is 5.73. The molecule has 0 aliphatic carbocycles. The standard InChI is InChI=1S/C19H21NO2/c1-4-12-22-18-11-10-16(13-19(18)21-5-2)14-20-17-9-7-6-8-15(17)3/h1,6-11,13,20H,5,12,14H2,2-3H3. The highest BCUT2D eigenvalue weighted by molar-refractivity contribution is 5.51. The molecule has 22 heavy (non-hydrogen) atoms. The quantitative estimate of drug-likeness (QED) is 0.783. The van der Waals surface area contributed by atoms with Crippen LogP contribution < -0.4 is 14.8 Å². The Morgan fingerprint density at radius 1 is 1.09 bits per heavy atom. The number of nitrogens with one attached hydrogen (secondary N) is 1. The first-order chi connectivity index (χ1) is 10.7. The highest BCUT2D eigenvalue weighted by Gasteiger charge is 2.06. The molecule has 0 spiro atoms. The second-order valence-electron chi connectivity index (χ2n) is 4.88. The lowest BCUT2D eigenvalue weighted by Gasteiger charge is -2.13. The maximum atomic E-state index is 5.63. The first kappa shape index (κ1) is 15.8. The molecule has 0 fully saturated rings. The number of ether oxygens (including phenoxy) is 2. The van der Waals surface area contributed by atoms with E-state index in [2.05, 4.69) is 30.3 Å². The molecule has 0 heterocycles. The van der Waals surface area contributed by atoms with Crippen LogP contribution in [0.5, 0.6) is 11.5 Å². The van der Waals surface area contributed by atoms with E-state index in [-0.39, 0.29) is 6.61 Å². The fourth-order valence-corrected chi connectivity index (χ4v) is 2.14. The largest absolute Gasteiger partial charge is 0.490 e. The molecule has 1 N–H and O–H groups in total. The zero-order chi connectivity index (χ0) is 15.8. The minimum atomic E-state index is 0.237. The maximum absolute atomic E-state index is 5.63. The molecule has 114 valence electrons. The van der Waals surface area contributed by atoms with E-state index in [0.29, 0.717) is 12.4 Å². The predicted molar refractivity (Wildman–Crippen MR) is 90.4 cm³/mol. The van der Waals surface area contributed by atoms with Gasteiger partial charge in [0.05, 0.1) is 6.61 Å². The molecule has 3 heteroatoms. The van der Waals surface area contributed by atoms with Crippen molar-refractivity contribution in [3.05, 3.63) is 53.6 Å². The van der Waals surface area contributed by atoms with Crippen molar-refractivity contribution in [2.24, 2.45) is 0 Å². The van der Waals surface area contributed by atoms with Crippen LogP contribution in [0, 0.1) is 19.3 Å². The minimum Gasteiger partial charge on any atom is -0.490 e. The maximum Gasteiger partial charge on any atom is 0.162 e. The average molecular weight is 295 g/mol. The van der Waals surface area contributed by atoms with E-state index >= 15 is 0 Å². The van der Waals surface area contributed by atoms with Crippen molar-refractivity contribution in [2.75, 3.05) is 18.5 Å². The summed E-state index contributed by atoms with van der Waals surface area (Å²) in [4.78, 5) is 0. The first-order valence-corrected chi connectivity index (χ1v) is 7.36. The van der Waals surface area contributed by atoms with Gasteiger partial charge in [-0.05, 0) is 43.2 Å². The molecule has 2 aromatic rings. The third-order valence-corrected chi connectivity index (χ3v) is 3.25. The van der Waals surface area contributed by atoms with Crippen molar-refractivity contribution in [2.45, 2.75) is 20.4 Å². The summed E-state index contributed by atoms with van der Waals surface area (Å²) in [5, 5.41) is 3.43. The average Bonchev–Trinajstić information content (AvgIpc) is 2.53. The topological polar surface area (TPSA) is 30.5 Å². The van der Waals surface area contributed by atoms with Crippen molar-refractivity contribution in [1.82, 2.24) is 0 Å². The number of hydrogen-bond donors (Lipinski definition) is 1. The van der Waals surface area contributed by atoms with Crippen molar-refractivity contribution >= 4 is 5.69 Å². The van der Waals surface area contributed by atoms with Gasteiger partial charge in [0.2, 0.25) is 0 Å². The van der Waals surface area contributed by atoms with Gasteiger partial charge in [-0.25, -0.2) is 0 Å². The molecule has 0 saturated heterocycles. The Morgan fingerprint density at radius 2 is 1.91 bits per heavy atom. The molecule has 0 aromatic heterocycles. The zero-order valence-corrected chi connectivity index (χ0v) is 13.1. The van der Waals surface area contributed by atoms with E-state index in [0.717, 1.165) is 23.5 Å². The Hall–Kier alpha value is -2.60. The molecule has 2 aromatic carbocycles. The molecular weight excluding hydrogens is 274 g/mol. The van der Waals surface area contributed by atoms with Gasteiger partial charge in [0, 0.05) is 12.2 Å². The number of para-hydroxylation sites is 1. The summed E-state index contributed by atoms with van der Waals surface area (Å²) in [7, 11) is 0. The Balaban J connectivity index is 2.09. The molecule has 0 amide bonds. The lowest BCUT2D eigenvalue weighted by molar-refractivity contribution is 0.299. The van der Waals surface area contributed by atoms with Crippen LogP contribution in [0.3, 0.4) is 0 Å². The number of benzene rings is 2. The molecule has 0 saturated carbocycles. The van der Waals surface area contributed by atoms with Crippen LogP contribution in [-0.2, 0) is 6.54 Å². The number of terminal acetylenes is 1. The molecular formula is C19H21NO2. The summed E-state index contributed by atoms with van der Waals surface area (Å²) < 4.78 is 11.1. The van der Waals surface area contributed by atoms with Crippen molar-refractivity contribution in [1.29, 1.82) is 0 Å². The van der Waals surface area contributed by atoms with Crippen LogP contribution >= 0.6 is 0 Å². The van der Waals surface area contributed by atoms with Gasteiger partial charge in [-0.3, -0.25) is 0 Å². The molecule has 0 aliphatic heterocycles. The van der Waals surface area contributed by atoms with Crippen LogP contribution in [0.25, 0.3) is 0 Å². The SMILES string of the molecule is C#CCOc1ccc(CNc2ccccc2C)cc1OCC. The van der Waals surface area contributed by atoms with E-state index in [1.165, 1.54) is 5.56 Å². The fourth-order valence-electron chi connectivity index (χ4n) is 2.14. The van der Waals surface area contributed by atoms with Crippen LogP contribution in [0.4, 0.5) is 5.69 Å². The number of hydrogen-bond acceptors (Lipinski definition) is 3. The molecule has 2 rings (SSSR count). The molecule has 0 aliphatic rings. The summed E-state index contributed by atoms with van der Waals surface area (Å²) in [6.07, 6.45) is 5.23. The number of anilines is 1. The zero-order valence-electron chi connectivity index (χ0n) is 13.1. The van der Waals surface area contributed by atoms with E-state index < -0.39 is 0 Å². The molecule has 0 radical (unpaired) electrons. The summed E-state index contributed by atoms with van der Waals surface area (Å²) >= 11 is 0. The Morgan fingerprint density at radius 3 is 2.64 bits per heavy atom. The highest BCUT2D eigenvalue weighted by atomic mass is 16.5. The molecule has 3 nitrogen and oxygen atoms in total. The molecule has 0 unspecified atom stereocenters. The van der Waals surface area contributed by atoms with Crippen LogP contribution in [0.15, 0.2) is 42.5 Å². The van der Waals surface area contributed by atoms with Gasteiger partial charge in [-0.2, -0.15) is 0 Å². The Labute approximate surface area is 132 Å². The van der Waals surface area contributed by atoms with E-state index in [1.54, 1.807) is 0 Å². The third kappa shape index (κ3) is 4.20. The lowest BCUT2D eigenvalue weighted by Crippen LogP contribution is -2.03. The van der Waals surface area contributed by atoms with Gasteiger partial charge in [-0.15, -0.1) is 6.42 Å². The van der Waals surface area contributed by atoms with Gasteiger partial charge in [0.25, 0.3) is 0 Å². The molecule has 0 atom stereocenters. The van der Waals surface area contributed by atoms with Crippen LogP contribution in [-0.4, -0.2) is 13.2 Å². The summed E-state index contributed by atoms with van der Waals surface area (Å²) in [6.45, 7) is 5.58. The third-order valence-electron chi connectivity index (χ3n) is 3.25. The second-order valence-corrected chi connectivity index (χ2v) is 4.88. The summed E-state index contributed by atoms with van der Waals surface area (Å²) in [5.41, 5.74) is 3.48. The van der Waals surface area contributed by atoms with Gasteiger partial charge in [0.1, 0.15) is 6.61 Å². The van der Waals surface area contributed by atoms with E-state index in [9.17, 15) is 0 Å². The number of aryl methyl sites for hydroxylation is 1. The van der Waals surface area contributed by atoms with Gasteiger partial charge >= 0.3 is 0 Å². The summed E-state index contributed by atoms with van der Waals surface area (Å²) in [5.74, 6) is 3.87. The van der Waals surface area contributed by atoms with Crippen molar-refractivity contribution in [3.8, 4) is 23.8 Å². The summed E-state index contributed by atoms with van der Waals surface area (Å²) in [6, 6.07) is 14.1. The fraction of sp³-hybridized carbons (Fsp3) is 0.263. The second kappa shape index (κ2) is 7.99. The smallest absolute Gasteiger partial charge is 0.162 e. The minimum absolute atomic E-state index is 0.237. The van der Waals surface area contributed by atoms with Gasteiger partial charge in [-0.1, -0.05) is 30.2 Å².